The highest BCUT2D eigenvalue weighted by atomic mass is 35.5. The fourth-order valence-corrected chi connectivity index (χ4v) is 3.59. The third kappa shape index (κ3) is 5.69. The predicted molar refractivity (Wildman–Crippen MR) is 99.0 cm³/mol. The van der Waals surface area contributed by atoms with Gasteiger partial charge in [0.25, 0.3) is 0 Å². The second-order valence-corrected chi connectivity index (χ2v) is 7.23. The summed E-state index contributed by atoms with van der Waals surface area (Å²) >= 11 is 13.6. The Labute approximate surface area is 155 Å². The second kappa shape index (κ2) is 9.30. The van der Waals surface area contributed by atoms with Crippen molar-refractivity contribution in [3.05, 3.63) is 39.6 Å². The van der Waals surface area contributed by atoms with Crippen LogP contribution in [0.3, 0.4) is 0 Å². The van der Waals surface area contributed by atoms with Crippen LogP contribution in [-0.2, 0) is 4.79 Å². The first-order chi connectivity index (χ1) is 11.5. The molecule has 1 amide bonds. The summed E-state index contributed by atoms with van der Waals surface area (Å²) in [4.78, 5) is 16.2. The van der Waals surface area contributed by atoms with Crippen molar-refractivity contribution in [3.63, 3.8) is 0 Å². The highest BCUT2D eigenvalue weighted by Crippen LogP contribution is 2.30. The predicted octanol–water partition coefficient (Wildman–Crippen LogP) is 4.21. The Morgan fingerprint density at radius 2 is 2.21 bits per heavy atom. The fourth-order valence-electron chi connectivity index (χ4n) is 2.35. The number of H-pyrrole nitrogens is 1. The van der Waals surface area contributed by atoms with Crippen LogP contribution in [-0.4, -0.2) is 33.4 Å². The summed E-state index contributed by atoms with van der Waals surface area (Å²) < 4.78 is 0. The lowest BCUT2D eigenvalue weighted by molar-refractivity contribution is -0.118. The van der Waals surface area contributed by atoms with E-state index >= 15 is 0 Å². The number of nitrogens with zero attached hydrogens (tertiary/aromatic N) is 2. The molecular formula is C16H20Cl2N4OS. The number of aromatic nitrogens is 3. The van der Waals surface area contributed by atoms with Gasteiger partial charge in [-0.3, -0.25) is 9.89 Å². The molecule has 0 bridgehead atoms. The van der Waals surface area contributed by atoms with Crippen LogP contribution < -0.4 is 5.32 Å². The standard InChI is InChI=1S/C16H20Cl2N4OS/c1-3-4-11(13-6-5-12(17)7-14(13)18)8-19-15(23)9-24-16-20-10(2)21-22-16/h5-7,11H,3-4,8-9H2,1-2H3,(H,19,23)(H,20,21,22)/t11-/m1/s1. The summed E-state index contributed by atoms with van der Waals surface area (Å²) in [6, 6.07) is 5.50. The average Bonchev–Trinajstić information content (AvgIpc) is 2.95. The highest BCUT2D eigenvalue weighted by Gasteiger charge is 2.16. The number of hydrogen-bond acceptors (Lipinski definition) is 4. The maximum Gasteiger partial charge on any atom is 0.230 e. The number of hydrogen-bond donors (Lipinski definition) is 2. The van der Waals surface area contributed by atoms with Crippen molar-refractivity contribution < 1.29 is 4.79 Å². The first-order valence-corrected chi connectivity index (χ1v) is 9.47. The summed E-state index contributed by atoms with van der Waals surface area (Å²) in [7, 11) is 0. The van der Waals surface area contributed by atoms with Crippen LogP contribution in [0.15, 0.2) is 23.4 Å². The van der Waals surface area contributed by atoms with Crippen molar-refractivity contribution in [3.8, 4) is 0 Å². The van der Waals surface area contributed by atoms with Crippen LogP contribution in [0.25, 0.3) is 0 Å². The minimum atomic E-state index is -0.0476. The van der Waals surface area contributed by atoms with Gasteiger partial charge in [-0.05, 0) is 31.0 Å². The van der Waals surface area contributed by atoms with Crippen molar-refractivity contribution in [2.75, 3.05) is 12.3 Å². The van der Waals surface area contributed by atoms with Crippen molar-refractivity contribution in [1.82, 2.24) is 20.5 Å². The molecule has 0 radical (unpaired) electrons. The summed E-state index contributed by atoms with van der Waals surface area (Å²) in [5, 5.41) is 11.5. The molecule has 2 rings (SSSR count). The molecule has 0 fully saturated rings. The summed E-state index contributed by atoms with van der Waals surface area (Å²) in [6.45, 7) is 4.48. The number of aromatic amines is 1. The van der Waals surface area contributed by atoms with Gasteiger partial charge in [0.2, 0.25) is 11.1 Å². The van der Waals surface area contributed by atoms with Gasteiger partial charge < -0.3 is 5.32 Å². The molecule has 1 heterocycles. The molecule has 0 aliphatic heterocycles. The van der Waals surface area contributed by atoms with Gasteiger partial charge in [0.15, 0.2) is 0 Å². The van der Waals surface area contributed by atoms with E-state index in [0.717, 1.165) is 24.2 Å². The molecule has 0 spiro atoms. The van der Waals surface area contributed by atoms with E-state index < -0.39 is 0 Å². The van der Waals surface area contributed by atoms with Crippen LogP contribution in [0, 0.1) is 6.92 Å². The van der Waals surface area contributed by atoms with Gasteiger partial charge in [-0.2, -0.15) is 0 Å². The number of carbonyl (C=O) groups is 1. The first-order valence-electron chi connectivity index (χ1n) is 7.73. The molecule has 0 saturated carbocycles. The Bertz CT molecular complexity index is 692. The lowest BCUT2D eigenvalue weighted by atomic mass is 9.94. The molecule has 0 saturated heterocycles. The largest absolute Gasteiger partial charge is 0.355 e. The Morgan fingerprint density at radius 1 is 1.42 bits per heavy atom. The molecule has 24 heavy (non-hydrogen) atoms. The zero-order chi connectivity index (χ0) is 17.5. The third-order valence-electron chi connectivity index (χ3n) is 3.49. The molecule has 0 aliphatic rings. The van der Waals surface area contributed by atoms with Crippen LogP contribution in [0.4, 0.5) is 0 Å². The number of nitrogens with one attached hydrogen (secondary N) is 2. The molecule has 2 aromatic rings. The van der Waals surface area contributed by atoms with Crippen LogP contribution >= 0.6 is 35.0 Å². The third-order valence-corrected chi connectivity index (χ3v) is 4.90. The second-order valence-electron chi connectivity index (χ2n) is 5.45. The van der Waals surface area contributed by atoms with Crippen LogP contribution in [0.1, 0.15) is 37.1 Å². The highest BCUT2D eigenvalue weighted by molar-refractivity contribution is 7.99. The Balaban J connectivity index is 1.89. The van der Waals surface area contributed by atoms with Crippen LogP contribution in [0.5, 0.6) is 0 Å². The molecule has 2 N–H and O–H groups in total. The quantitative estimate of drug-likeness (QED) is 0.666. The minimum Gasteiger partial charge on any atom is -0.355 e. The summed E-state index contributed by atoms with van der Waals surface area (Å²) in [6.07, 6.45) is 1.94. The van der Waals surface area contributed by atoms with E-state index in [1.54, 1.807) is 6.07 Å². The van der Waals surface area contributed by atoms with Gasteiger partial charge in [0.1, 0.15) is 5.82 Å². The topological polar surface area (TPSA) is 70.7 Å². The van der Waals surface area contributed by atoms with Crippen molar-refractivity contribution >= 4 is 40.9 Å². The summed E-state index contributed by atoms with van der Waals surface area (Å²) in [5.74, 6) is 1.14. The Kier molecular flexibility index (Phi) is 7.40. The number of carbonyl (C=O) groups excluding carboxylic acids is 1. The van der Waals surface area contributed by atoms with Gasteiger partial charge in [0.05, 0.1) is 5.75 Å². The number of halogens is 2. The average molecular weight is 387 g/mol. The maximum atomic E-state index is 12.1. The molecule has 0 unspecified atom stereocenters. The molecule has 1 aromatic carbocycles. The fraction of sp³-hybridized carbons (Fsp3) is 0.438. The number of aryl methyl sites for hydroxylation is 1. The first kappa shape index (κ1) is 19.1. The SMILES string of the molecule is CCC[C@H](CNC(=O)CSc1n[nH]c(C)n1)c1ccc(Cl)cc1Cl. The van der Waals surface area contributed by atoms with Gasteiger partial charge in [0, 0.05) is 22.5 Å². The van der Waals surface area contributed by atoms with Gasteiger partial charge in [-0.15, -0.1) is 5.10 Å². The molecule has 1 aromatic heterocycles. The summed E-state index contributed by atoms with van der Waals surface area (Å²) in [5.41, 5.74) is 1.01. The smallest absolute Gasteiger partial charge is 0.230 e. The lowest BCUT2D eigenvalue weighted by Crippen LogP contribution is -2.30. The molecule has 0 aliphatic carbocycles. The lowest BCUT2D eigenvalue weighted by Gasteiger charge is -2.19. The maximum absolute atomic E-state index is 12.1. The van der Waals surface area contributed by atoms with E-state index in [1.807, 2.05) is 19.1 Å². The van der Waals surface area contributed by atoms with E-state index in [4.69, 9.17) is 23.2 Å². The van der Waals surface area contributed by atoms with Gasteiger partial charge >= 0.3 is 0 Å². The molecule has 8 heteroatoms. The van der Waals surface area contributed by atoms with Crippen molar-refractivity contribution in [1.29, 1.82) is 0 Å². The monoisotopic (exact) mass is 386 g/mol. The minimum absolute atomic E-state index is 0.0476. The van der Waals surface area contributed by atoms with E-state index in [9.17, 15) is 4.79 Å². The van der Waals surface area contributed by atoms with E-state index in [0.29, 0.717) is 21.7 Å². The number of benzene rings is 1. The Morgan fingerprint density at radius 3 is 2.83 bits per heavy atom. The molecule has 5 nitrogen and oxygen atoms in total. The molecular weight excluding hydrogens is 367 g/mol. The van der Waals surface area contributed by atoms with E-state index in [2.05, 4.69) is 27.4 Å². The van der Waals surface area contributed by atoms with Crippen molar-refractivity contribution in [2.45, 2.75) is 37.8 Å². The number of thioether (sulfide) groups is 1. The van der Waals surface area contributed by atoms with E-state index in [-0.39, 0.29) is 17.6 Å². The molecule has 1 atom stereocenters. The zero-order valence-electron chi connectivity index (χ0n) is 13.6. The number of amides is 1. The van der Waals surface area contributed by atoms with Crippen molar-refractivity contribution in [2.24, 2.45) is 0 Å². The van der Waals surface area contributed by atoms with Crippen LogP contribution in [0.2, 0.25) is 10.0 Å². The van der Waals surface area contributed by atoms with E-state index in [1.165, 1.54) is 11.8 Å². The molecule has 130 valence electrons. The zero-order valence-corrected chi connectivity index (χ0v) is 15.9. The van der Waals surface area contributed by atoms with Gasteiger partial charge in [-0.25, -0.2) is 4.98 Å². The normalized spacial score (nSPS) is 12.2. The Hall–Kier alpha value is -1.24. The van der Waals surface area contributed by atoms with Gasteiger partial charge in [-0.1, -0.05) is 54.4 Å². The number of rotatable bonds is 8.